The van der Waals surface area contributed by atoms with Crippen LogP contribution in [-0.4, -0.2) is 49.2 Å². The normalized spacial score (nSPS) is 18.5. The van der Waals surface area contributed by atoms with E-state index in [1.54, 1.807) is 14.2 Å². The summed E-state index contributed by atoms with van der Waals surface area (Å²) < 4.78 is 10.7. The number of likely N-dealkylation sites (tertiary alicyclic amines) is 1. The van der Waals surface area contributed by atoms with Crippen LogP contribution < -0.4 is 4.74 Å². The summed E-state index contributed by atoms with van der Waals surface area (Å²) in [4.78, 5) is 18.9. The van der Waals surface area contributed by atoms with Gasteiger partial charge in [-0.05, 0) is 30.4 Å². The van der Waals surface area contributed by atoms with Crippen molar-refractivity contribution in [1.82, 2.24) is 9.88 Å². The van der Waals surface area contributed by atoms with Gasteiger partial charge in [0.2, 0.25) is 5.88 Å². The van der Waals surface area contributed by atoms with E-state index in [0.29, 0.717) is 18.1 Å². The SMILES string of the molecule is COc1nc(C(=O)N2CCC[C@@H](OC)C2)cc2ccccc12. The number of ether oxygens (including phenoxy) is 2. The molecule has 5 nitrogen and oxygen atoms in total. The first-order valence-corrected chi connectivity index (χ1v) is 7.48. The Balaban J connectivity index is 1.93. The van der Waals surface area contributed by atoms with E-state index in [-0.39, 0.29) is 12.0 Å². The van der Waals surface area contributed by atoms with Crippen LogP contribution in [0.15, 0.2) is 30.3 Å². The molecule has 0 spiro atoms. The maximum Gasteiger partial charge on any atom is 0.272 e. The van der Waals surface area contributed by atoms with Crippen molar-refractivity contribution in [2.75, 3.05) is 27.3 Å². The van der Waals surface area contributed by atoms with E-state index in [1.165, 1.54) is 0 Å². The zero-order valence-electron chi connectivity index (χ0n) is 12.9. The maximum absolute atomic E-state index is 12.7. The van der Waals surface area contributed by atoms with E-state index in [0.717, 1.165) is 30.2 Å². The van der Waals surface area contributed by atoms with Gasteiger partial charge in [0.05, 0.1) is 13.2 Å². The summed E-state index contributed by atoms with van der Waals surface area (Å²) in [7, 11) is 3.26. The first-order valence-electron chi connectivity index (χ1n) is 7.48. The standard InChI is InChI=1S/C17H20N2O3/c1-21-13-7-5-9-19(11-13)17(20)15-10-12-6-3-4-8-14(12)16(18-15)22-2/h3-4,6,8,10,13H,5,7,9,11H2,1-2H3/t13-/m1/s1. The molecule has 0 radical (unpaired) electrons. The molecular formula is C17H20N2O3. The number of amides is 1. The average Bonchev–Trinajstić information content (AvgIpc) is 2.60. The van der Waals surface area contributed by atoms with Crippen LogP contribution in [0.2, 0.25) is 0 Å². The van der Waals surface area contributed by atoms with Crippen LogP contribution in [0.25, 0.3) is 10.8 Å². The molecule has 1 atom stereocenters. The molecule has 0 N–H and O–H groups in total. The first kappa shape index (κ1) is 14.8. The minimum Gasteiger partial charge on any atom is -0.481 e. The number of fused-ring (bicyclic) bond motifs is 1. The second kappa shape index (κ2) is 6.32. The van der Waals surface area contributed by atoms with Gasteiger partial charge in [0.25, 0.3) is 5.91 Å². The zero-order chi connectivity index (χ0) is 15.5. The molecule has 0 unspecified atom stereocenters. The Bertz CT molecular complexity index is 687. The minimum atomic E-state index is -0.0641. The molecule has 2 heterocycles. The average molecular weight is 300 g/mol. The van der Waals surface area contributed by atoms with Crippen molar-refractivity contribution in [2.45, 2.75) is 18.9 Å². The zero-order valence-corrected chi connectivity index (χ0v) is 12.9. The van der Waals surface area contributed by atoms with Gasteiger partial charge in [0, 0.05) is 25.6 Å². The molecule has 5 heteroatoms. The molecule has 1 aromatic carbocycles. The van der Waals surface area contributed by atoms with Gasteiger partial charge in [0.15, 0.2) is 0 Å². The number of pyridine rings is 1. The summed E-state index contributed by atoms with van der Waals surface area (Å²) in [5.74, 6) is 0.424. The second-order valence-corrected chi connectivity index (χ2v) is 5.49. The predicted molar refractivity (Wildman–Crippen MR) is 84.2 cm³/mol. The number of carbonyl (C=O) groups is 1. The van der Waals surface area contributed by atoms with Gasteiger partial charge in [-0.15, -0.1) is 0 Å². The second-order valence-electron chi connectivity index (χ2n) is 5.49. The molecule has 116 valence electrons. The summed E-state index contributed by atoms with van der Waals surface area (Å²) in [5.41, 5.74) is 0.423. The molecule has 1 amide bonds. The van der Waals surface area contributed by atoms with Crippen molar-refractivity contribution in [2.24, 2.45) is 0 Å². The Morgan fingerprint density at radius 3 is 2.91 bits per heavy atom. The fraction of sp³-hybridized carbons (Fsp3) is 0.412. The Hall–Kier alpha value is -2.14. The number of aromatic nitrogens is 1. The van der Waals surface area contributed by atoms with Gasteiger partial charge < -0.3 is 14.4 Å². The van der Waals surface area contributed by atoms with Crippen LogP contribution in [0.5, 0.6) is 5.88 Å². The van der Waals surface area contributed by atoms with Gasteiger partial charge in [-0.2, -0.15) is 0 Å². The highest BCUT2D eigenvalue weighted by molar-refractivity contribution is 5.98. The highest BCUT2D eigenvalue weighted by atomic mass is 16.5. The summed E-state index contributed by atoms with van der Waals surface area (Å²) >= 11 is 0. The maximum atomic E-state index is 12.7. The number of nitrogens with zero attached hydrogens (tertiary/aromatic N) is 2. The predicted octanol–water partition coefficient (Wildman–Crippen LogP) is 2.49. The van der Waals surface area contributed by atoms with Crippen LogP contribution in [0.3, 0.4) is 0 Å². The number of carbonyl (C=O) groups excluding carboxylic acids is 1. The quantitative estimate of drug-likeness (QED) is 0.874. The van der Waals surface area contributed by atoms with Gasteiger partial charge in [-0.25, -0.2) is 4.98 Å². The fourth-order valence-corrected chi connectivity index (χ4v) is 2.91. The molecule has 1 aliphatic heterocycles. The van der Waals surface area contributed by atoms with Crippen molar-refractivity contribution < 1.29 is 14.3 Å². The van der Waals surface area contributed by atoms with Crippen molar-refractivity contribution >= 4 is 16.7 Å². The van der Waals surface area contributed by atoms with E-state index < -0.39 is 0 Å². The smallest absolute Gasteiger partial charge is 0.272 e. The molecule has 2 aromatic rings. The molecular weight excluding hydrogens is 280 g/mol. The lowest BCUT2D eigenvalue weighted by molar-refractivity contribution is 0.0265. The lowest BCUT2D eigenvalue weighted by atomic mass is 10.1. The highest BCUT2D eigenvalue weighted by Gasteiger charge is 2.25. The van der Waals surface area contributed by atoms with Gasteiger partial charge in [0.1, 0.15) is 5.69 Å². The van der Waals surface area contributed by atoms with Gasteiger partial charge >= 0.3 is 0 Å². The lowest BCUT2D eigenvalue weighted by Gasteiger charge is -2.31. The summed E-state index contributed by atoms with van der Waals surface area (Å²) in [6.45, 7) is 1.36. The third-order valence-corrected chi connectivity index (χ3v) is 4.12. The molecule has 0 bridgehead atoms. The fourth-order valence-electron chi connectivity index (χ4n) is 2.91. The topological polar surface area (TPSA) is 51.7 Å². The number of rotatable bonds is 3. The first-order chi connectivity index (χ1) is 10.7. The number of hydrogen-bond acceptors (Lipinski definition) is 4. The van der Waals surface area contributed by atoms with Crippen LogP contribution >= 0.6 is 0 Å². The van der Waals surface area contributed by atoms with E-state index in [9.17, 15) is 4.79 Å². The molecule has 0 saturated carbocycles. The third-order valence-electron chi connectivity index (χ3n) is 4.12. The Morgan fingerprint density at radius 1 is 1.32 bits per heavy atom. The summed E-state index contributed by atoms with van der Waals surface area (Å²) in [5, 5.41) is 1.87. The Morgan fingerprint density at radius 2 is 2.14 bits per heavy atom. The van der Waals surface area contributed by atoms with E-state index in [4.69, 9.17) is 9.47 Å². The molecule has 0 aliphatic carbocycles. The largest absolute Gasteiger partial charge is 0.481 e. The minimum absolute atomic E-state index is 0.0641. The Labute approximate surface area is 129 Å². The number of hydrogen-bond donors (Lipinski definition) is 0. The van der Waals surface area contributed by atoms with Crippen LogP contribution in [-0.2, 0) is 4.74 Å². The molecule has 1 saturated heterocycles. The van der Waals surface area contributed by atoms with E-state index in [1.807, 2.05) is 35.2 Å². The summed E-state index contributed by atoms with van der Waals surface area (Å²) in [6.07, 6.45) is 2.06. The summed E-state index contributed by atoms with van der Waals surface area (Å²) in [6, 6.07) is 9.61. The molecule has 22 heavy (non-hydrogen) atoms. The van der Waals surface area contributed by atoms with Crippen LogP contribution in [0.4, 0.5) is 0 Å². The molecule has 1 fully saturated rings. The van der Waals surface area contributed by atoms with E-state index >= 15 is 0 Å². The van der Waals surface area contributed by atoms with Crippen molar-refractivity contribution in [1.29, 1.82) is 0 Å². The van der Waals surface area contributed by atoms with Crippen LogP contribution in [0.1, 0.15) is 23.3 Å². The molecule has 1 aromatic heterocycles. The van der Waals surface area contributed by atoms with Crippen molar-refractivity contribution in [3.05, 3.63) is 36.0 Å². The lowest BCUT2D eigenvalue weighted by Crippen LogP contribution is -2.43. The van der Waals surface area contributed by atoms with Gasteiger partial charge in [-0.1, -0.05) is 18.2 Å². The highest BCUT2D eigenvalue weighted by Crippen LogP contribution is 2.25. The molecule has 3 rings (SSSR count). The van der Waals surface area contributed by atoms with Crippen molar-refractivity contribution in [3.8, 4) is 5.88 Å². The van der Waals surface area contributed by atoms with Gasteiger partial charge in [-0.3, -0.25) is 4.79 Å². The monoisotopic (exact) mass is 300 g/mol. The van der Waals surface area contributed by atoms with Crippen LogP contribution in [0, 0.1) is 0 Å². The Kier molecular flexibility index (Phi) is 4.24. The number of methoxy groups -OCH3 is 2. The number of benzene rings is 1. The number of piperidine rings is 1. The van der Waals surface area contributed by atoms with E-state index in [2.05, 4.69) is 4.98 Å². The third kappa shape index (κ3) is 2.76. The van der Waals surface area contributed by atoms with Crippen molar-refractivity contribution in [3.63, 3.8) is 0 Å². The molecule has 1 aliphatic rings.